The van der Waals surface area contributed by atoms with E-state index in [0.29, 0.717) is 6.42 Å². The molecule has 0 saturated carbocycles. The molecule has 212 valence electrons. The van der Waals surface area contributed by atoms with Gasteiger partial charge in [-0.15, -0.1) is 0 Å². The molecule has 1 aliphatic carbocycles. The maximum atomic E-state index is 10.0. The highest BCUT2D eigenvalue weighted by Crippen LogP contribution is 2.66. The van der Waals surface area contributed by atoms with Gasteiger partial charge < -0.3 is 29.9 Å². The fourth-order valence-corrected chi connectivity index (χ4v) is 7.03. The van der Waals surface area contributed by atoms with Crippen LogP contribution in [0.1, 0.15) is 65.9 Å². The highest BCUT2D eigenvalue weighted by molar-refractivity contribution is 5.48. The summed E-state index contributed by atoms with van der Waals surface area (Å²) in [6.45, 7) is 4.65. The van der Waals surface area contributed by atoms with Gasteiger partial charge in [-0.2, -0.15) is 0 Å². The van der Waals surface area contributed by atoms with Gasteiger partial charge >= 0.3 is 0 Å². The molecule has 1 fully saturated rings. The Bertz CT molecular complexity index is 1650. The molecule has 2 aliphatic heterocycles. The molecule has 2 heterocycles. The number of ether oxygens (including phenoxy) is 2. The van der Waals surface area contributed by atoms with E-state index in [-0.39, 0.29) is 47.4 Å². The molecule has 4 N–H and O–H groups in total. The van der Waals surface area contributed by atoms with Crippen molar-refractivity contribution in [3.63, 3.8) is 0 Å². The molecule has 6 nitrogen and oxygen atoms in total. The van der Waals surface area contributed by atoms with Crippen LogP contribution in [0.15, 0.2) is 120 Å². The Morgan fingerprint density at radius 3 is 1.40 bits per heavy atom. The van der Waals surface area contributed by atoms with E-state index in [1.165, 1.54) is 11.1 Å². The van der Waals surface area contributed by atoms with Crippen molar-refractivity contribution >= 4 is 0 Å². The molecule has 0 amide bonds. The minimum atomic E-state index is -0.444. The van der Waals surface area contributed by atoms with Gasteiger partial charge in [0.15, 0.2) is 0 Å². The first-order chi connectivity index (χ1) is 20.3. The normalized spacial score (nSPS) is 27.0. The second kappa shape index (κ2) is 10.1. The lowest BCUT2D eigenvalue weighted by Crippen LogP contribution is -2.31. The zero-order valence-corrected chi connectivity index (χ0v) is 23.0. The summed E-state index contributed by atoms with van der Waals surface area (Å²) in [6.07, 6.45) is 0.978. The van der Waals surface area contributed by atoms with Gasteiger partial charge in [0.1, 0.15) is 41.3 Å². The summed E-state index contributed by atoms with van der Waals surface area (Å²) in [4.78, 5) is 0. The van der Waals surface area contributed by atoms with Crippen LogP contribution in [0.5, 0.6) is 23.0 Å². The fourth-order valence-electron chi connectivity index (χ4n) is 7.03. The summed E-state index contributed by atoms with van der Waals surface area (Å²) in [7, 11) is 0. The summed E-state index contributed by atoms with van der Waals surface area (Å²) in [5.74, 6) is 0.796. The van der Waals surface area contributed by atoms with Crippen molar-refractivity contribution in [1.82, 2.24) is 0 Å². The number of rotatable bonds is 4. The molecule has 3 aliphatic rings. The summed E-state index contributed by atoms with van der Waals surface area (Å²) in [5.41, 5.74) is 6.79. The van der Waals surface area contributed by atoms with E-state index in [1.54, 1.807) is 48.5 Å². The third kappa shape index (κ3) is 4.35. The molecular formula is C36H32O6. The van der Waals surface area contributed by atoms with E-state index in [2.05, 4.69) is 6.58 Å². The molecule has 6 heteroatoms. The van der Waals surface area contributed by atoms with Crippen molar-refractivity contribution < 1.29 is 29.9 Å². The van der Waals surface area contributed by atoms with Crippen molar-refractivity contribution in [2.24, 2.45) is 5.41 Å². The van der Waals surface area contributed by atoms with E-state index in [1.807, 2.05) is 48.5 Å². The second-order valence-corrected chi connectivity index (χ2v) is 11.6. The predicted molar refractivity (Wildman–Crippen MR) is 158 cm³/mol. The van der Waals surface area contributed by atoms with Crippen LogP contribution in [0.3, 0.4) is 0 Å². The Kier molecular flexibility index (Phi) is 6.34. The van der Waals surface area contributed by atoms with Gasteiger partial charge in [0.2, 0.25) is 0 Å². The molecule has 7 rings (SSSR count). The fraction of sp³-hybridized carbons (Fsp3) is 0.222. The SMILES string of the molecule is C=C1C(c2ccc(O)cc2)OC(c2ccc(O)cc2)C12CCC1=C(C2)C(c2ccc(O)cc2)OC1c1ccc(O)cc1. The average Bonchev–Trinajstić information content (AvgIpc) is 3.50. The van der Waals surface area contributed by atoms with Crippen LogP contribution in [0.4, 0.5) is 0 Å². The molecule has 5 atom stereocenters. The monoisotopic (exact) mass is 560 g/mol. The topological polar surface area (TPSA) is 99.4 Å². The van der Waals surface area contributed by atoms with Crippen LogP contribution in [-0.2, 0) is 9.47 Å². The van der Waals surface area contributed by atoms with Crippen molar-refractivity contribution in [1.29, 1.82) is 0 Å². The maximum Gasteiger partial charge on any atom is 0.115 e. The zero-order chi connectivity index (χ0) is 29.0. The van der Waals surface area contributed by atoms with Crippen molar-refractivity contribution in [3.8, 4) is 23.0 Å². The van der Waals surface area contributed by atoms with E-state index < -0.39 is 5.41 Å². The smallest absolute Gasteiger partial charge is 0.115 e. The van der Waals surface area contributed by atoms with Gasteiger partial charge in [-0.05, 0) is 107 Å². The van der Waals surface area contributed by atoms with Crippen molar-refractivity contribution in [2.75, 3.05) is 0 Å². The van der Waals surface area contributed by atoms with Crippen LogP contribution in [-0.4, -0.2) is 20.4 Å². The van der Waals surface area contributed by atoms with Crippen molar-refractivity contribution in [2.45, 2.75) is 43.7 Å². The molecule has 42 heavy (non-hydrogen) atoms. The number of hydrogen-bond donors (Lipinski definition) is 4. The van der Waals surface area contributed by atoms with Gasteiger partial charge in [-0.25, -0.2) is 0 Å². The maximum absolute atomic E-state index is 10.0. The Morgan fingerprint density at radius 2 is 0.929 bits per heavy atom. The first-order valence-corrected chi connectivity index (χ1v) is 14.2. The minimum Gasteiger partial charge on any atom is -0.508 e. The van der Waals surface area contributed by atoms with Crippen LogP contribution in [0.2, 0.25) is 0 Å². The average molecular weight is 561 g/mol. The Hall–Kier alpha value is -4.52. The Balaban J connectivity index is 1.34. The first kappa shape index (κ1) is 26.4. The molecule has 0 radical (unpaired) electrons. The third-order valence-corrected chi connectivity index (χ3v) is 9.18. The number of phenolic OH excluding ortho intramolecular Hbond substituents is 4. The van der Waals surface area contributed by atoms with Gasteiger partial charge in [-0.3, -0.25) is 0 Å². The van der Waals surface area contributed by atoms with E-state index in [0.717, 1.165) is 40.7 Å². The van der Waals surface area contributed by atoms with Crippen LogP contribution >= 0.6 is 0 Å². The largest absolute Gasteiger partial charge is 0.508 e. The molecule has 1 saturated heterocycles. The summed E-state index contributed by atoms with van der Waals surface area (Å²) in [6, 6.07) is 28.7. The Labute approximate surface area is 244 Å². The highest BCUT2D eigenvalue weighted by atomic mass is 16.5. The van der Waals surface area contributed by atoms with Crippen molar-refractivity contribution in [3.05, 3.63) is 143 Å². The number of aromatic hydroxyl groups is 4. The molecule has 4 aromatic carbocycles. The van der Waals surface area contributed by atoms with Crippen LogP contribution in [0.25, 0.3) is 0 Å². The summed E-state index contributed by atoms with van der Waals surface area (Å²) >= 11 is 0. The van der Waals surface area contributed by atoms with Gasteiger partial charge in [0.05, 0.1) is 6.10 Å². The lowest BCUT2D eigenvalue weighted by molar-refractivity contribution is 0.00331. The van der Waals surface area contributed by atoms with Gasteiger partial charge in [-0.1, -0.05) is 55.1 Å². The molecular weight excluding hydrogens is 528 g/mol. The molecule has 5 unspecified atom stereocenters. The van der Waals surface area contributed by atoms with E-state index >= 15 is 0 Å². The number of phenols is 4. The zero-order valence-electron chi connectivity index (χ0n) is 23.0. The third-order valence-electron chi connectivity index (χ3n) is 9.18. The lowest BCUT2D eigenvalue weighted by Gasteiger charge is -2.40. The lowest BCUT2D eigenvalue weighted by atomic mass is 9.62. The van der Waals surface area contributed by atoms with E-state index in [4.69, 9.17) is 9.47 Å². The number of benzene rings is 4. The summed E-state index contributed by atoms with van der Waals surface area (Å²) in [5, 5.41) is 39.8. The molecule has 0 bridgehead atoms. The van der Waals surface area contributed by atoms with Crippen LogP contribution < -0.4 is 0 Å². The Morgan fingerprint density at radius 1 is 0.524 bits per heavy atom. The molecule has 4 aromatic rings. The molecule has 0 aromatic heterocycles. The molecule has 1 spiro atoms. The van der Waals surface area contributed by atoms with E-state index in [9.17, 15) is 20.4 Å². The van der Waals surface area contributed by atoms with Gasteiger partial charge in [0, 0.05) is 5.41 Å². The predicted octanol–water partition coefficient (Wildman–Crippen LogP) is 7.86. The standard InChI is InChI=1S/C36H32O6/c1-21-32(22-2-10-26(37)11-3-22)42-35(25-8-16-29(40)17-9-25)36(21)19-18-30-31(20-36)34(24-6-14-28(39)15-7-24)41-33(30)23-4-12-27(38)13-5-23/h2-17,32-35,37-40H,1,18-20H2. The second-order valence-electron chi connectivity index (χ2n) is 11.6. The van der Waals surface area contributed by atoms with Crippen LogP contribution in [0, 0.1) is 5.41 Å². The summed E-state index contributed by atoms with van der Waals surface area (Å²) < 4.78 is 13.7. The van der Waals surface area contributed by atoms with Gasteiger partial charge in [0.25, 0.3) is 0 Å². The number of hydrogen-bond acceptors (Lipinski definition) is 6. The quantitative estimate of drug-likeness (QED) is 0.190. The highest BCUT2D eigenvalue weighted by Gasteiger charge is 2.56. The first-order valence-electron chi connectivity index (χ1n) is 14.2. The minimum absolute atomic E-state index is 0.194.